The van der Waals surface area contributed by atoms with Crippen molar-refractivity contribution in [1.82, 2.24) is 0 Å². The normalized spacial score (nSPS) is 22.9. The third-order valence-corrected chi connectivity index (χ3v) is 9.18. The lowest BCUT2D eigenvalue weighted by Crippen LogP contribution is -2.20. The molecule has 0 saturated carbocycles. The Morgan fingerprint density at radius 1 is 0.800 bits per heavy atom. The van der Waals surface area contributed by atoms with E-state index >= 15 is 0 Å². The topological polar surface area (TPSA) is 0 Å². The zero-order valence-corrected chi connectivity index (χ0v) is 27.9. The van der Waals surface area contributed by atoms with Gasteiger partial charge < -0.3 is 0 Å². The van der Waals surface area contributed by atoms with Gasteiger partial charge in [-0.2, -0.15) is 0 Å². The van der Waals surface area contributed by atoms with E-state index in [9.17, 15) is 0 Å². The summed E-state index contributed by atoms with van der Waals surface area (Å²) in [6.45, 7) is 23.5. The van der Waals surface area contributed by atoms with Crippen LogP contribution >= 0.6 is 0 Å². The molecule has 0 aliphatic heterocycles. The van der Waals surface area contributed by atoms with Gasteiger partial charge in [0, 0.05) is 0 Å². The average Bonchev–Trinajstić information content (AvgIpc) is 2.85. The van der Waals surface area contributed by atoms with Crippen LogP contribution in [0.2, 0.25) is 0 Å². The van der Waals surface area contributed by atoms with Gasteiger partial charge in [0.25, 0.3) is 0 Å². The van der Waals surface area contributed by atoms with Crippen molar-refractivity contribution in [3.05, 3.63) is 95.2 Å². The molecule has 222 valence electrons. The van der Waals surface area contributed by atoms with Gasteiger partial charge in [0.15, 0.2) is 0 Å². The highest BCUT2D eigenvalue weighted by Crippen LogP contribution is 2.43. The highest BCUT2D eigenvalue weighted by molar-refractivity contribution is 5.40. The predicted octanol–water partition coefficient (Wildman–Crippen LogP) is 12.7. The molecule has 4 atom stereocenters. The third-order valence-electron chi connectivity index (χ3n) is 9.18. The molecule has 4 unspecified atom stereocenters. The number of hydrogen-bond acceptors (Lipinski definition) is 0. The van der Waals surface area contributed by atoms with E-state index in [2.05, 4.69) is 142 Å². The quantitative estimate of drug-likeness (QED) is 0.151. The van der Waals surface area contributed by atoms with Crippen molar-refractivity contribution < 1.29 is 0 Å². The second-order valence-corrected chi connectivity index (χ2v) is 14.4. The van der Waals surface area contributed by atoms with Gasteiger partial charge in [-0.05, 0) is 111 Å². The lowest BCUT2D eigenvalue weighted by atomic mass is 9.70. The Labute approximate surface area is 249 Å². The van der Waals surface area contributed by atoms with Crippen LogP contribution in [-0.4, -0.2) is 0 Å². The Morgan fingerprint density at radius 2 is 1.43 bits per heavy atom. The molecule has 0 aromatic rings. The molecule has 0 bridgehead atoms. The summed E-state index contributed by atoms with van der Waals surface area (Å²) < 4.78 is 0. The molecule has 0 spiro atoms. The van der Waals surface area contributed by atoms with E-state index in [1.165, 1.54) is 49.7 Å². The van der Waals surface area contributed by atoms with Crippen LogP contribution < -0.4 is 0 Å². The summed E-state index contributed by atoms with van der Waals surface area (Å²) in [5.41, 5.74) is 6.96. The molecule has 2 aliphatic carbocycles. The summed E-state index contributed by atoms with van der Waals surface area (Å²) >= 11 is 0. The Balaban J connectivity index is 1.69. The van der Waals surface area contributed by atoms with Crippen LogP contribution in [0.3, 0.4) is 0 Å². The van der Waals surface area contributed by atoms with Crippen molar-refractivity contribution in [3.8, 4) is 0 Å². The fourth-order valence-corrected chi connectivity index (χ4v) is 6.34. The maximum atomic E-state index is 2.45. The molecule has 0 N–H and O–H groups in total. The van der Waals surface area contributed by atoms with Gasteiger partial charge in [-0.1, -0.05) is 139 Å². The summed E-state index contributed by atoms with van der Waals surface area (Å²) in [7, 11) is 0. The molecular weight excluding hydrogens is 480 g/mol. The van der Waals surface area contributed by atoms with Crippen molar-refractivity contribution in [1.29, 1.82) is 0 Å². The van der Waals surface area contributed by atoms with Gasteiger partial charge >= 0.3 is 0 Å². The zero-order chi connectivity index (χ0) is 29.8. The van der Waals surface area contributed by atoms with Crippen molar-refractivity contribution in [3.63, 3.8) is 0 Å². The fraction of sp³-hybridized carbons (Fsp3) is 0.600. The molecule has 40 heavy (non-hydrogen) atoms. The van der Waals surface area contributed by atoms with Crippen molar-refractivity contribution in [2.24, 2.45) is 34.5 Å². The van der Waals surface area contributed by atoms with E-state index < -0.39 is 0 Å². The van der Waals surface area contributed by atoms with E-state index in [-0.39, 0.29) is 5.41 Å². The van der Waals surface area contributed by atoms with Crippen LogP contribution in [0, 0.1) is 34.5 Å². The van der Waals surface area contributed by atoms with Crippen molar-refractivity contribution >= 4 is 0 Å². The van der Waals surface area contributed by atoms with Gasteiger partial charge in [-0.3, -0.25) is 0 Å². The van der Waals surface area contributed by atoms with E-state index in [1.807, 2.05) is 0 Å². The van der Waals surface area contributed by atoms with Gasteiger partial charge in [-0.15, -0.1) is 0 Å². The molecule has 0 saturated heterocycles. The van der Waals surface area contributed by atoms with Gasteiger partial charge in [-0.25, -0.2) is 0 Å². The molecule has 0 nitrogen and oxygen atoms in total. The van der Waals surface area contributed by atoms with Crippen LogP contribution in [0.1, 0.15) is 121 Å². The van der Waals surface area contributed by atoms with Crippen molar-refractivity contribution in [2.45, 2.75) is 121 Å². The molecular formula is C40H62. The molecule has 0 heteroatoms. The maximum Gasteiger partial charge on any atom is -0.00665 e. The Hall–Kier alpha value is -2.08. The zero-order valence-electron chi connectivity index (χ0n) is 27.9. The summed E-state index contributed by atoms with van der Waals surface area (Å²) in [4.78, 5) is 0. The second kappa shape index (κ2) is 16.4. The highest BCUT2D eigenvalue weighted by atomic mass is 14.3. The number of hydrogen-bond donors (Lipinski definition) is 0. The first-order valence-electron chi connectivity index (χ1n) is 16.3. The van der Waals surface area contributed by atoms with Crippen LogP contribution in [0.4, 0.5) is 0 Å². The van der Waals surface area contributed by atoms with Crippen LogP contribution in [-0.2, 0) is 0 Å². The molecule has 0 aromatic heterocycles. The number of rotatable bonds is 14. The first-order valence-corrected chi connectivity index (χ1v) is 16.3. The second-order valence-electron chi connectivity index (χ2n) is 14.4. The maximum absolute atomic E-state index is 2.45. The summed E-state index contributed by atoms with van der Waals surface area (Å²) in [6.07, 6.45) is 37.8. The minimum absolute atomic E-state index is 0.243. The highest BCUT2D eigenvalue weighted by Gasteiger charge is 2.28. The van der Waals surface area contributed by atoms with Gasteiger partial charge in [0.1, 0.15) is 0 Å². The lowest BCUT2D eigenvalue weighted by molar-refractivity contribution is 0.344. The molecule has 2 rings (SSSR count). The number of allylic oxidation sites excluding steroid dienone is 16. The van der Waals surface area contributed by atoms with Crippen LogP contribution in [0.25, 0.3) is 0 Å². The standard InChI is InChI=1S/C40H62/c1-31(19-13-21-33(3)25-27-37-35(5)23-15-29-39(37,7)8)17-11-12-18-32(2)20-14-22-34(4)26-28-38-36(6)24-16-30-40(38,9)10/h11-15,17-20,23,25,27,31-34H,16,21-22,24,26,28-30H2,1-10H3/b17-11+,18-12+,19-13+,20-14+,27-25+. The van der Waals surface area contributed by atoms with Crippen molar-refractivity contribution in [2.75, 3.05) is 0 Å². The minimum atomic E-state index is 0.243. The first kappa shape index (κ1) is 34.1. The monoisotopic (exact) mass is 542 g/mol. The Bertz CT molecular complexity index is 1030. The average molecular weight is 543 g/mol. The van der Waals surface area contributed by atoms with E-state index in [0.29, 0.717) is 23.2 Å². The predicted molar refractivity (Wildman–Crippen MR) is 181 cm³/mol. The summed E-state index contributed by atoms with van der Waals surface area (Å²) in [6, 6.07) is 0. The smallest absolute Gasteiger partial charge is 0.00665 e. The lowest BCUT2D eigenvalue weighted by Gasteiger charge is -2.35. The molecule has 2 aliphatic rings. The van der Waals surface area contributed by atoms with E-state index in [1.54, 1.807) is 11.1 Å². The molecule has 0 amide bonds. The Kier molecular flexibility index (Phi) is 14.0. The Morgan fingerprint density at radius 3 is 2.02 bits per heavy atom. The molecule has 0 heterocycles. The molecule has 0 aromatic carbocycles. The van der Waals surface area contributed by atoms with E-state index in [0.717, 1.165) is 18.8 Å². The van der Waals surface area contributed by atoms with Crippen LogP contribution in [0.5, 0.6) is 0 Å². The largest absolute Gasteiger partial charge is 0.0877 e. The van der Waals surface area contributed by atoms with Gasteiger partial charge in [0.2, 0.25) is 0 Å². The SMILES string of the molecule is CC1=C(/C=C/C(C)C/C=C/C(C)/C=C/C=C/C(C)/C=C/CC(C)CCC2=C(C)CCCC2(C)C)C(C)(C)CC=C1. The summed E-state index contributed by atoms with van der Waals surface area (Å²) in [5, 5.41) is 0. The third kappa shape index (κ3) is 11.8. The first-order chi connectivity index (χ1) is 18.8. The van der Waals surface area contributed by atoms with E-state index in [4.69, 9.17) is 0 Å². The van der Waals surface area contributed by atoms with Gasteiger partial charge in [0.05, 0.1) is 0 Å². The molecule has 0 fully saturated rings. The minimum Gasteiger partial charge on any atom is -0.0877 e. The molecule has 0 radical (unpaired) electrons. The summed E-state index contributed by atoms with van der Waals surface area (Å²) in [5.74, 6) is 2.22. The van der Waals surface area contributed by atoms with Crippen LogP contribution in [0.15, 0.2) is 95.2 Å². The fourth-order valence-electron chi connectivity index (χ4n) is 6.34.